The summed E-state index contributed by atoms with van der Waals surface area (Å²) in [5.74, 6) is -2.57. The fourth-order valence-corrected chi connectivity index (χ4v) is 1.27. The average molecular weight is 254 g/mol. The van der Waals surface area contributed by atoms with Gasteiger partial charge < -0.3 is 4.74 Å². The first-order chi connectivity index (χ1) is 8.56. The maximum Gasteiger partial charge on any atom is 0.342 e. The minimum Gasteiger partial charge on any atom is -0.462 e. The van der Waals surface area contributed by atoms with Gasteiger partial charge in [-0.25, -0.2) is 13.6 Å². The third-order valence-corrected chi connectivity index (χ3v) is 2.07. The topological polar surface area (TPSA) is 43.4 Å². The van der Waals surface area contributed by atoms with Crippen molar-refractivity contribution in [1.82, 2.24) is 0 Å². The van der Waals surface area contributed by atoms with Crippen LogP contribution in [0.3, 0.4) is 0 Å². The number of alkyl halides is 2. The van der Waals surface area contributed by atoms with Crippen molar-refractivity contribution in [2.75, 3.05) is 6.61 Å². The van der Waals surface area contributed by atoms with Crippen molar-refractivity contribution in [3.05, 3.63) is 41.5 Å². The van der Waals surface area contributed by atoms with Crippen LogP contribution in [-0.2, 0) is 14.3 Å². The molecule has 0 fully saturated rings. The summed E-state index contributed by atoms with van der Waals surface area (Å²) in [6.07, 6.45) is -2.13. The number of esters is 1. The first-order valence-electron chi connectivity index (χ1n) is 5.32. The number of rotatable bonds is 5. The van der Waals surface area contributed by atoms with Crippen LogP contribution in [0.2, 0.25) is 0 Å². The molecule has 1 rings (SSSR count). The predicted molar refractivity (Wildman–Crippen MR) is 62.1 cm³/mol. The van der Waals surface area contributed by atoms with E-state index in [9.17, 15) is 18.4 Å². The summed E-state index contributed by atoms with van der Waals surface area (Å²) in [5.41, 5.74) is -0.160. The van der Waals surface area contributed by atoms with Gasteiger partial charge in [0.2, 0.25) is 5.78 Å². The summed E-state index contributed by atoms with van der Waals surface area (Å²) < 4.78 is 29.4. The number of benzene rings is 1. The molecular formula is C13H12F2O3. The molecule has 0 aliphatic carbocycles. The second-order valence-electron chi connectivity index (χ2n) is 3.35. The summed E-state index contributed by atoms with van der Waals surface area (Å²) >= 11 is 0. The summed E-state index contributed by atoms with van der Waals surface area (Å²) in [6, 6.07) is 8.26. The fourth-order valence-electron chi connectivity index (χ4n) is 1.27. The molecule has 0 aliphatic rings. The van der Waals surface area contributed by atoms with Crippen molar-refractivity contribution < 1.29 is 23.1 Å². The normalized spacial score (nSPS) is 11.4. The first-order valence-corrected chi connectivity index (χ1v) is 5.32. The number of hydrogen-bond donors (Lipinski definition) is 0. The SMILES string of the molecule is CCOC(=O)/C(=C/c1ccccc1)C(=O)C(F)F. The number of halogens is 2. The number of carbonyl (C=O) groups is 2. The van der Waals surface area contributed by atoms with E-state index in [2.05, 4.69) is 4.74 Å². The van der Waals surface area contributed by atoms with E-state index in [1.165, 1.54) is 6.92 Å². The molecule has 0 bridgehead atoms. The highest BCUT2D eigenvalue weighted by Crippen LogP contribution is 2.13. The van der Waals surface area contributed by atoms with Gasteiger partial charge >= 0.3 is 12.4 Å². The molecular weight excluding hydrogens is 242 g/mol. The van der Waals surface area contributed by atoms with E-state index in [1.54, 1.807) is 30.3 Å². The Kier molecular flexibility index (Phi) is 5.17. The Hall–Kier alpha value is -2.04. The van der Waals surface area contributed by atoms with Gasteiger partial charge in [-0.15, -0.1) is 0 Å². The molecule has 0 saturated carbocycles. The second-order valence-corrected chi connectivity index (χ2v) is 3.35. The van der Waals surface area contributed by atoms with E-state index in [0.29, 0.717) is 5.56 Å². The molecule has 5 heteroatoms. The Bertz CT molecular complexity index is 453. The van der Waals surface area contributed by atoms with E-state index in [4.69, 9.17) is 0 Å². The maximum atomic E-state index is 12.4. The summed E-state index contributed by atoms with van der Waals surface area (Å²) in [5, 5.41) is 0. The van der Waals surface area contributed by atoms with Crippen LogP contribution in [0, 0.1) is 0 Å². The van der Waals surface area contributed by atoms with Gasteiger partial charge in [0.25, 0.3) is 0 Å². The third-order valence-electron chi connectivity index (χ3n) is 2.07. The zero-order valence-corrected chi connectivity index (χ0v) is 9.73. The van der Waals surface area contributed by atoms with Gasteiger partial charge in [0.15, 0.2) is 0 Å². The lowest BCUT2D eigenvalue weighted by Gasteiger charge is -2.05. The van der Waals surface area contributed by atoms with Crippen molar-refractivity contribution in [1.29, 1.82) is 0 Å². The van der Waals surface area contributed by atoms with E-state index < -0.39 is 23.8 Å². The molecule has 0 N–H and O–H groups in total. The van der Waals surface area contributed by atoms with E-state index in [-0.39, 0.29) is 6.61 Å². The molecule has 0 heterocycles. The second kappa shape index (κ2) is 6.64. The van der Waals surface area contributed by atoms with Crippen LogP contribution in [0.5, 0.6) is 0 Å². The van der Waals surface area contributed by atoms with Crippen molar-refractivity contribution in [3.8, 4) is 0 Å². The Morgan fingerprint density at radius 2 is 1.89 bits per heavy atom. The molecule has 3 nitrogen and oxygen atoms in total. The van der Waals surface area contributed by atoms with Crippen LogP contribution in [0.4, 0.5) is 8.78 Å². The van der Waals surface area contributed by atoms with Gasteiger partial charge in [0, 0.05) is 0 Å². The molecule has 96 valence electrons. The highest BCUT2D eigenvalue weighted by molar-refractivity contribution is 6.21. The van der Waals surface area contributed by atoms with E-state index in [1.807, 2.05) is 0 Å². The summed E-state index contributed by atoms with van der Waals surface area (Å²) in [6.45, 7) is 1.55. The molecule has 0 aliphatic heterocycles. The van der Waals surface area contributed by atoms with Crippen LogP contribution < -0.4 is 0 Å². The lowest BCUT2D eigenvalue weighted by molar-refractivity contribution is -0.141. The lowest BCUT2D eigenvalue weighted by Crippen LogP contribution is -2.21. The largest absolute Gasteiger partial charge is 0.462 e. The van der Waals surface area contributed by atoms with E-state index >= 15 is 0 Å². The van der Waals surface area contributed by atoms with Gasteiger partial charge in [0.05, 0.1) is 6.61 Å². The molecule has 0 spiro atoms. The Morgan fingerprint density at radius 3 is 2.39 bits per heavy atom. The standard InChI is InChI=1S/C13H12F2O3/c1-2-18-13(17)10(11(16)12(14)15)8-9-6-4-3-5-7-9/h3-8,12H,2H2,1H3/b10-8+. The number of Topliss-reactive ketones (excluding diaryl/α,β-unsaturated/α-hetero) is 1. The number of hydrogen-bond acceptors (Lipinski definition) is 3. The molecule has 18 heavy (non-hydrogen) atoms. The van der Waals surface area contributed by atoms with Gasteiger partial charge in [-0.1, -0.05) is 30.3 Å². The van der Waals surface area contributed by atoms with Crippen molar-refractivity contribution in [2.24, 2.45) is 0 Å². The van der Waals surface area contributed by atoms with Crippen molar-refractivity contribution >= 4 is 17.8 Å². The molecule has 0 atom stereocenters. The molecule has 0 radical (unpaired) electrons. The van der Waals surface area contributed by atoms with Crippen molar-refractivity contribution in [3.63, 3.8) is 0 Å². The first kappa shape index (κ1) is 14.0. The molecule has 1 aromatic rings. The van der Waals surface area contributed by atoms with Gasteiger partial charge in [0.1, 0.15) is 5.57 Å². The summed E-state index contributed by atoms with van der Waals surface area (Å²) in [7, 11) is 0. The number of ether oxygens (including phenoxy) is 1. The zero-order valence-electron chi connectivity index (χ0n) is 9.73. The zero-order chi connectivity index (χ0) is 13.5. The quantitative estimate of drug-likeness (QED) is 0.351. The number of carbonyl (C=O) groups excluding carboxylic acids is 2. The van der Waals surface area contributed by atoms with Crippen LogP contribution in [0.15, 0.2) is 35.9 Å². The highest BCUT2D eigenvalue weighted by Gasteiger charge is 2.27. The molecule has 1 aromatic carbocycles. The highest BCUT2D eigenvalue weighted by atomic mass is 19.3. The van der Waals surface area contributed by atoms with Crippen molar-refractivity contribution in [2.45, 2.75) is 13.3 Å². The smallest absolute Gasteiger partial charge is 0.342 e. The molecule has 0 saturated heterocycles. The lowest BCUT2D eigenvalue weighted by atomic mass is 10.1. The van der Waals surface area contributed by atoms with Gasteiger partial charge in [-0.2, -0.15) is 0 Å². The van der Waals surface area contributed by atoms with E-state index in [0.717, 1.165) is 6.08 Å². The third kappa shape index (κ3) is 3.76. The minimum atomic E-state index is -3.23. The molecule has 0 amide bonds. The number of ketones is 1. The maximum absolute atomic E-state index is 12.4. The average Bonchev–Trinajstić information content (AvgIpc) is 2.36. The Balaban J connectivity index is 3.08. The van der Waals surface area contributed by atoms with Crippen LogP contribution in [0.25, 0.3) is 6.08 Å². The predicted octanol–water partition coefficient (Wildman–Crippen LogP) is 2.47. The Morgan fingerprint density at radius 1 is 1.28 bits per heavy atom. The molecule has 0 unspecified atom stereocenters. The Labute approximate surface area is 103 Å². The van der Waals surface area contributed by atoms with Gasteiger partial charge in [-0.3, -0.25) is 4.79 Å². The monoisotopic (exact) mass is 254 g/mol. The minimum absolute atomic E-state index is 0.0154. The molecule has 0 aromatic heterocycles. The van der Waals surface area contributed by atoms with Crippen LogP contribution >= 0.6 is 0 Å². The fraction of sp³-hybridized carbons (Fsp3) is 0.231. The summed E-state index contributed by atoms with van der Waals surface area (Å²) in [4.78, 5) is 22.7. The van der Waals surface area contributed by atoms with Crippen LogP contribution in [-0.4, -0.2) is 24.8 Å². The van der Waals surface area contributed by atoms with Crippen LogP contribution in [0.1, 0.15) is 12.5 Å². The van der Waals surface area contributed by atoms with Gasteiger partial charge in [-0.05, 0) is 18.6 Å².